The Bertz CT molecular complexity index is 640. The van der Waals surface area contributed by atoms with Crippen molar-refractivity contribution in [2.75, 3.05) is 13.2 Å². The number of ketones is 1. The summed E-state index contributed by atoms with van der Waals surface area (Å²) in [6.45, 7) is 6.01. The van der Waals surface area contributed by atoms with Gasteiger partial charge in [-0.15, -0.1) is 0 Å². The molecule has 4 rings (SSSR count). The largest absolute Gasteiger partial charge is 0.396 e. The fourth-order valence-corrected chi connectivity index (χ4v) is 6.69. The summed E-state index contributed by atoms with van der Waals surface area (Å²) in [4.78, 5) is 17.9. The van der Waals surface area contributed by atoms with Crippen molar-refractivity contribution in [3.63, 3.8) is 0 Å². The average Bonchev–Trinajstić information content (AvgIpc) is 2.94. The summed E-state index contributed by atoms with van der Waals surface area (Å²) in [6.07, 6.45) is 12.1. The fraction of sp³-hybridized carbons (Fsp3) is 0.818. The molecular formula is C22H34N2O2. The minimum atomic E-state index is -0.0170. The molecule has 2 N–H and O–H groups in total. The predicted octanol–water partition coefficient (Wildman–Crippen LogP) is 4.24. The Kier molecular flexibility index (Phi) is 4.75. The van der Waals surface area contributed by atoms with Crippen LogP contribution in [0.4, 0.5) is 0 Å². The van der Waals surface area contributed by atoms with Crippen molar-refractivity contribution in [3.05, 3.63) is 11.6 Å². The first-order valence-corrected chi connectivity index (χ1v) is 10.6. The van der Waals surface area contributed by atoms with E-state index in [2.05, 4.69) is 25.1 Å². The van der Waals surface area contributed by atoms with Crippen LogP contribution in [0.15, 0.2) is 16.8 Å². The van der Waals surface area contributed by atoms with Crippen LogP contribution in [0.3, 0.4) is 0 Å². The second kappa shape index (κ2) is 6.78. The van der Waals surface area contributed by atoms with E-state index >= 15 is 0 Å². The van der Waals surface area contributed by atoms with Crippen LogP contribution in [-0.4, -0.2) is 24.6 Å². The van der Waals surface area contributed by atoms with Crippen LogP contribution in [0, 0.1) is 28.6 Å². The maximum Gasteiger partial charge on any atom is 0.139 e. The number of hydrogen-bond acceptors (Lipinski definition) is 4. The van der Waals surface area contributed by atoms with E-state index in [0.29, 0.717) is 30.3 Å². The van der Waals surface area contributed by atoms with E-state index in [9.17, 15) is 4.79 Å². The van der Waals surface area contributed by atoms with Crippen LogP contribution >= 0.6 is 0 Å². The van der Waals surface area contributed by atoms with Gasteiger partial charge in [0.1, 0.15) is 12.4 Å². The van der Waals surface area contributed by atoms with Gasteiger partial charge in [0.15, 0.2) is 0 Å². The lowest BCUT2D eigenvalue weighted by Gasteiger charge is -2.57. The lowest BCUT2D eigenvalue weighted by molar-refractivity contribution is -0.132. The smallest absolute Gasteiger partial charge is 0.139 e. The molecule has 0 aliphatic heterocycles. The highest BCUT2D eigenvalue weighted by atomic mass is 16.6. The normalized spacial score (nSPS) is 43.5. The highest BCUT2D eigenvalue weighted by Crippen LogP contribution is 2.64. The Balaban J connectivity index is 1.53. The summed E-state index contributed by atoms with van der Waals surface area (Å²) in [5, 5.41) is 4.36. The van der Waals surface area contributed by atoms with Gasteiger partial charge in [-0.25, -0.2) is 0 Å². The quantitative estimate of drug-likeness (QED) is 0.604. The summed E-state index contributed by atoms with van der Waals surface area (Å²) in [6, 6.07) is 0. The van der Waals surface area contributed by atoms with Crippen molar-refractivity contribution in [1.29, 1.82) is 0 Å². The number of allylic oxidation sites excluding steroid dienone is 2. The minimum absolute atomic E-state index is 0.0170. The van der Waals surface area contributed by atoms with Crippen LogP contribution in [0.1, 0.15) is 71.6 Å². The minimum Gasteiger partial charge on any atom is -0.396 e. The fourth-order valence-electron chi connectivity index (χ4n) is 6.69. The summed E-state index contributed by atoms with van der Waals surface area (Å²) in [5.41, 5.74) is 8.47. The van der Waals surface area contributed by atoms with Crippen LogP contribution in [0.5, 0.6) is 0 Å². The number of carbonyl (C=O) groups is 1. The van der Waals surface area contributed by atoms with Gasteiger partial charge in [0.25, 0.3) is 0 Å². The van der Waals surface area contributed by atoms with Crippen molar-refractivity contribution >= 4 is 11.5 Å². The predicted molar refractivity (Wildman–Crippen MR) is 104 cm³/mol. The van der Waals surface area contributed by atoms with Gasteiger partial charge >= 0.3 is 0 Å². The second-order valence-electron chi connectivity index (χ2n) is 9.48. The molecule has 4 aliphatic rings. The number of nitrogens with zero attached hydrogens (tertiary/aromatic N) is 1. The third-order valence-corrected chi connectivity index (χ3v) is 8.31. The Morgan fingerprint density at radius 3 is 2.73 bits per heavy atom. The molecule has 0 spiro atoms. The van der Waals surface area contributed by atoms with Gasteiger partial charge in [0.2, 0.25) is 0 Å². The van der Waals surface area contributed by atoms with Crippen LogP contribution in [0.2, 0.25) is 0 Å². The van der Waals surface area contributed by atoms with E-state index in [1.807, 2.05) is 0 Å². The SMILES string of the molecule is C[C@]12CCC(=NOCCCN)C=C1CCC1C2CC[C@]2(C)C(=O)CCC12. The zero-order chi connectivity index (χ0) is 18.4. The third-order valence-electron chi connectivity index (χ3n) is 8.31. The molecule has 0 aromatic rings. The molecule has 0 heterocycles. The van der Waals surface area contributed by atoms with E-state index in [4.69, 9.17) is 10.6 Å². The topological polar surface area (TPSA) is 64.7 Å². The first-order valence-electron chi connectivity index (χ1n) is 10.6. The van der Waals surface area contributed by atoms with Gasteiger partial charge in [0, 0.05) is 11.8 Å². The molecule has 0 bridgehead atoms. The summed E-state index contributed by atoms with van der Waals surface area (Å²) >= 11 is 0. The molecule has 3 saturated carbocycles. The number of hydrogen-bond donors (Lipinski definition) is 1. The molecular weight excluding hydrogens is 324 g/mol. The van der Waals surface area contributed by atoms with Crippen LogP contribution in [-0.2, 0) is 9.63 Å². The van der Waals surface area contributed by atoms with Crippen molar-refractivity contribution in [1.82, 2.24) is 0 Å². The van der Waals surface area contributed by atoms with E-state index in [-0.39, 0.29) is 5.41 Å². The zero-order valence-corrected chi connectivity index (χ0v) is 16.4. The first-order chi connectivity index (χ1) is 12.5. The molecule has 0 radical (unpaired) electrons. The Morgan fingerprint density at radius 2 is 1.92 bits per heavy atom. The van der Waals surface area contributed by atoms with Gasteiger partial charge < -0.3 is 10.6 Å². The third kappa shape index (κ3) is 2.76. The first kappa shape index (κ1) is 18.2. The molecule has 0 saturated heterocycles. The molecule has 26 heavy (non-hydrogen) atoms. The standard InChI is InChI=1S/C22H34N2O2/c1-21-10-8-16(24-26-13-3-12-23)14-15(21)4-5-17-18-6-7-20(25)22(18,2)11-9-19(17)21/h14,17-19H,3-13,23H2,1-2H3/t17?,18?,19?,21-,22-/m0/s1. The summed E-state index contributed by atoms with van der Waals surface area (Å²) < 4.78 is 0. The zero-order valence-electron chi connectivity index (χ0n) is 16.4. The van der Waals surface area contributed by atoms with E-state index in [1.165, 1.54) is 25.7 Å². The number of rotatable bonds is 4. The maximum atomic E-state index is 12.5. The molecule has 5 atom stereocenters. The Hall–Kier alpha value is -1.16. The van der Waals surface area contributed by atoms with Gasteiger partial charge in [-0.3, -0.25) is 4.79 Å². The van der Waals surface area contributed by atoms with Crippen molar-refractivity contribution in [2.24, 2.45) is 39.5 Å². The highest BCUT2D eigenvalue weighted by Gasteiger charge is 2.58. The number of fused-ring (bicyclic) bond motifs is 5. The van der Waals surface area contributed by atoms with Crippen LogP contribution in [0.25, 0.3) is 0 Å². The van der Waals surface area contributed by atoms with Crippen molar-refractivity contribution in [2.45, 2.75) is 71.6 Å². The Labute approximate surface area is 157 Å². The summed E-state index contributed by atoms with van der Waals surface area (Å²) in [5.74, 6) is 2.65. The molecule has 144 valence electrons. The Morgan fingerprint density at radius 1 is 1.12 bits per heavy atom. The van der Waals surface area contributed by atoms with E-state index < -0.39 is 0 Å². The number of nitrogens with two attached hydrogens (primary N) is 1. The van der Waals surface area contributed by atoms with Gasteiger partial charge in [-0.2, -0.15) is 0 Å². The van der Waals surface area contributed by atoms with Crippen molar-refractivity contribution in [3.8, 4) is 0 Å². The maximum absolute atomic E-state index is 12.5. The number of carbonyl (C=O) groups excluding carboxylic acids is 1. The lowest BCUT2D eigenvalue weighted by Crippen LogP contribution is -2.50. The molecule has 0 amide bonds. The van der Waals surface area contributed by atoms with E-state index in [1.54, 1.807) is 5.57 Å². The molecule has 0 aromatic carbocycles. The molecule has 4 heteroatoms. The molecule has 4 nitrogen and oxygen atoms in total. The molecule has 4 aliphatic carbocycles. The monoisotopic (exact) mass is 358 g/mol. The lowest BCUT2D eigenvalue weighted by atomic mass is 9.47. The van der Waals surface area contributed by atoms with Gasteiger partial charge in [-0.1, -0.05) is 24.6 Å². The highest BCUT2D eigenvalue weighted by molar-refractivity contribution is 5.96. The summed E-state index contributed by atoms with van der Waals surface area (Å²) in [7, 11) is 0. The van der Waals surface area contributed by atoms with Gasteiger partial charge in [-0.05, 0) is 87.2 Å². The molecule has 3 unspecified atom stereocenters. The number of Topliss-reactive ketones (excluding diaryl/α,β-unsaturated/α-hetero) is 1. The average molecular weight is 359 g/mol. The van der Waals surface area contributed by atoms with Crippen LogP contribution < -0.4 is 5.73 Å². The van der Waals surface area contributed by atoms with Crippen molar-refractivity contribution < 1.29 is 9.63 Å². The second-order valence-corrected chi connectivity index (χ2v) is 9.48. The molecule has 3 fully saturated rings. The number of oxime groups is 1. The molecule has 0 aromatic heterocycles. The van der Waals surface area contributed by atoms with E-state index in [0.717, 1.165) is 49.7 Å². The van der Waals surface area contributed by atoms with Gasteiger partial charge in [0.05, 0.1) is 5.71 Å².